The van der Waals surface area contributed by atoms with Crippen molar-refractivity contribution in [2.24, 2.45) is 0 Å². The number of anilines is 1. The summed E-state index contributed by atoms with van der Waals surface area (Å²) in [6.07, 6.45) is 0. The number of benzene rings is 1. The summed E-state index contributed by atoms with van der Waals surface area (Å²) < 4.78 is 10.9. The molecule has 0 atom stereocenters. The molecule has 2 rings (SSSR count). The third kappa shape index (κ3) is 3.29. The minimum absolute atomic E-state index is 0.239. The van der Waals surface area contributed by atoms with E-state index in [0.29, 0.717) is 28.0 Å². The topological polar surface area (TPSA) is 57.4 Å². The third-order valence-electron chi connectivity index (χ3n) is 2.62. The molecule has 0 aliphatic rings. The van der Waals surface area contributed by atoms with Crippen LogP contribution >= 0.6 is 11.6 Å². The summed E-state index contributed by atoms with van der Waals surface area (Å²) in [6, 6.07) is 9.07. The molecule has 1 heterocycles. The lowest BCUT2D eigenvalue weighted by Gasteiger charge is -2.11. The fraction of sp³-hybridized carbons (Fsp3) is 0.214. The number of rotatable bonds is 4. The molecule has 0 amide bonds. The fourth-order valence-electron chi connectivity index (χ4n) is 1.64. The SMILES string of the molecule is COc1cc(C)ccc1OCc1nc(N)ccc1Cl. The Balaban J connectivity index is 2.16. The first kappa shape index (κ1) is 13.5. The van der Waals surface area contributed by atoms with Crippen LogP contribution in [0.25, 0.3) is 0 Å². The van der Waals surface area contributed by atoms with Gasteiger partial charge in [0.1, 0.15) is 12.4 Å². The minimum Gasteiger partial charge on any atom is -0.493 e. The van der Waals surface area contributed by atoms with Crippen molar-refractivity contribution in [1.29, 1.82) is 0 Å². The van der Waals surface area contributed by atoms with Gasteiger partial charge in [-0.1, -0.05) is 17.7 Å². The maximum atomic E-state index is 6.03. The molecule has 5 heteroatoms. The van der Waals surface area contributed by atoms with Gasteiger partial charge in [-0.05, 0) is 36.8 Å². The van der Waals surface area contributed by atoms with E-state index in [9.17, 15) is 0 Å². The van der Waals surface area contributed by atoms with Crippen LogP contribution < -0.4 is 15.2 Å². The number of hydrogen-bond donors (Lipinski definition) is 1. The van der Waals surface area contributed by atoms with Crippen LogP contribution in [0.2, 0.25) is 5.02 Å². The molecule has 4 nitrogen and oxygen atoms in total. The zero-order chi connectivity index (χ0) is 13.8. The molecular formula is C14H15ClN2O2. The molecule has 1 aromatic heterocycles. The van der Waals surface area contributed by atoms with Crippen molar-refractivity contribution in [3.63, 3.8) is 0 Å². The first-order valence-electron chi connectivity index (χ1n) is 5.78. The van der Waals surface area contributed by atoms with Crippen LogP contribution in [0.5, 0.6) is 11.5 Å². The van der Waals surface area contributed by atoms with Gasteiger partial charge in [0.15, 0.2) is 11.5 Å². The average molecular weight is 279 g/mol. The van der Waals surface area contributed by atoms with E-state index < -0.39 is 0 Å². The van der Waals surface area contributed by atoms with Gasteiger partial charge in [0.25, 0.3) is 0 Å². The summed E-state index contributed by atoms with van der Waals surface area (Å²) in [4.78, 5) is 4.14. The monoisotopic (exact) mass is 278 g/mol. The normalized spacial score (nSPS) is 10.3. The quantitative estimate of drug-likeness (QED) is 0.933. The fourth-order valence-corrected chi connectivity index (χ4v) is 1.80. The Labute approximate surface area is 117 Å². The van der Waals surface area contributed by atoms with Crippen molar-refractivity contribution in [3.05, 3.63) is 46.6 Å². The molecule has 19 heavy (non-hydrogen) atoms. The number of nitrogens with two attached hydrogens (primary N) is 1. The summed E-state index contributed by atoms with van der Waals surface area (Å²) >= 11 is 6.03. The van der Waals surface area contributed by atoms with Gasteiger partial charge in [0.05, 0.1) is 17.8 Å². The molecule has 0 aliphatic carbocycles. The second-order valence-electron chi connectivity index (χ2n) is 4.11. The molecule has 0 spiro atoms. The van der Waals surface area contributed by atoms with Gasteiger partial charge in [0.2, 0.25) is 0 Å². The zero-order valence-electron chi connectivity index (χ0n) is 10.8. The predicted octanol–water partition coefficient (Wildman–Crippen LogP) is 3.21. The summed E-state index contributed by atoms with van der Waals surface area (Å²) in [6.45, 7) is 2.23. The number of ether oxygens (including phenoxy) is 2. The van der Waals surface area contributed by atoms with Crippen molar-refractivity contribution >= 4 is 17.4 Å². The lowest BCUT2D eigenvalue weighted by Crippen LogP contribution is -2.02. The van der Waals surface area contributed by atoms with Gasteiger partial charge >= 0.3 is 0 Å². The Bertz CT molecular complexity index is 588. The van der Waals surface area contributed by atoms with E-state index in [1.807, 2.05) is 25.1 Å². The molecule has 0 unspecified atom stereocenters. The van der Waals surface area contributed by atoms with Gasteiger partial charge in [0, 0.05) is 0 Å². The van der Waals surface area contributed by atoms with Crippen molar-refractivity contribution in [2.75, 3.05) is 12.8 Å². The molecule has 0 saturated heterocycles. The number of nitrogens with zero attached hydrogens (tertiary/aromatic N) is 1. The van der Waals surface area contributed by atoms with Crippen molar-refractivity contribution < 1.29 is 9.47 Å². The lowest BCUT2D eigenvalue weighted by atomic mass is 10.2. The van der Waals surface area contributed by atoms with E-state index in [1.54, 1.807) is 19.2 Å². The number of methoxy groups -OCH3 is 1. The van der Waals surface area contributed by atoms with Crippen molar-refractivity contribution in [2.45, 2.75) is 13.5 Å². The average Bonchev–Trinajstić information content (AvgIpc) is 2.40. The first-order valence-corrected chi connectivity index (χ1v) is 6.16. The van der Waals surface area contributed by atoms with Gasteiger partial charge in [-0.3, -0.25) is 0 Å². The number of hydrogen-bond acceptors (Lipinski definition) is 4. The molecule has 0 saturated carbocycles. The van der Waals surface area contributed by atoms with Crippen LogP contribution in [0, 0.1) is 6.92 Å². The summed E-state index contributed by atoms with van der Waals surface area (Å²) in [5.41, 5.74) is 7.32. The molecule has 1 aromatic carbocycles. The molecular weight excluding hydrogens is 264 g/mol. The Kier molecular flexibility index (Phi) is 4.12. The first-order chi connectivity index (χ1) is 9.10. The Morgan fingerprint density at radius 1 is 1.21 bits per heavy atom. The predicted molar refractivity (Wildman–Crippen MR) is 75.7 cm³/mol. The number of pyridine rings is 1. The number of nitrogen functional groups attached to an aromatic ring is 1. The van der Waals surface area contributed by atoms with Crippen LogP contribution in [0.15, 0.2) is 30.3 Å². The summed E-state index contributed by atoms with van der Waals surface area (Å²) in [5, 5.41) is 0.528. The highest BCUT2D eigenvalue weighted by molar-refractivity contribution is 6.31. The maximum Gasteiger partial charge on any atom is 0.161 e. The van der Waals surface area contributed by atoms with Crippen LogP contribution in [0.4, 0.5) is 5.82 Å². The van der Waals surface area contributed by atoms with Gasteiger partial charge in [-0.2, -0.15) is 0 Å². The second-order valence-corrected chi connectivity index (χ2v) is 4.51. The van der Waals surface area contributed by atoms with E-state index in [1.165, 1.54) is 0 Å². The van der Waals surface area contributed by atoms with Crippen molar-refractivity contribution in [1.82, 2.24) is 4.98 Å². The Hall–Kier alpha value is -1.94. The van der Waals surface area contributed by atoms with E-state index in [2.05, 4.69) is 4.98 Å². The van der Waals surface area contributed by atoms with E-state index in [4.69, 9.17) is 26.8 Å². The smallest absolute Gasteiger partial charge is 0.161 e. The maximum absolute atomic E-state index is 6.03. The molecule has 0 aliphatic heterocycles. The highest BCUT2D eigenvalue weighted by Gasteiger charge is 2.08. The number of halogens is 1. The molecule has 0 bridgehead atoms. The van der Waals surface area contributed by atoms with Crippen LogP contribution in [0.1, 0.15) is 11.3 Å². The Morgan fingerprint density at radius 3 is 2.74 bits per heavy atom. The van der Waals surface area contributed by atoms with Gasteiger partial charge in [-0.25, -0.2) is 4.98 Å². The van der Waals surface area contributed by atoms with E-state index in [0.717, 1.165) is 5.56 Å². The summed E-state index contributed by atoms with van der Waals surface area (Å²) in [5.74, 6) is 1.74. The molecule has 100 valence electrons. The molecule has 0 radical (unpaired) electrons. The highest BCUT2D eigenvalue weighted by atomic mass is 35.5. The van der Waals surface area contributed by atoms with Gasteiger partial charge in [-0.15, -0.1) is 0 Å². The molecule has 2 aromatic rings. The highest BCUT2D eigenvalue weighted by Crippen LogP contribution is 2.29. The number of aryl methyl sites for hydroxylation is 1. The minimum atomic E-state index is 0.239. The third-order valence-corrected chi connectivity index (χ3v) is 2.97. The molecule has 2 N–H and O–H groups in total. The zero-order valence-corrected chi connectivity index (χ0v) is 11.6. The van der Waals surface area contributed by atoms with Crippen molar-refractivity contribution in [3.8, 4) is 11.5 Å². The largest absolute Gasteiger partial charge is 0.493 e. The molecule has 0 fully saturated rings. The lowest BCUT2D eigenvalue weighted by molar-refractivity contribution is 0.281. The van der Waals surface area contributed by atoms with Crippen LogP contribution in [-0.2, 0) is 6.61 Å². The number of aromatic nitrogens is 1. The van der Waals surface area contributed by atoms with E-state index in [-0.39, 0.29) is 6.61 Å². The van der Waals surface area contributed by atoms with Crippen LogP contribution in [0.3, 0.4) is 0 Å². The Morgan fingerprint density at radius 2 is 2.00 bits per heavy atom. The standard InChI is InChI=1S/C14H15ClN2O2/c1-9-3-5-12(13(7-9)18-2)19-8-11-10(15)4-6-14(16)17-11/h3-7H,8H2,1-2H3,(H2,16,17). The second kappa shape index (κ2) is 5.80. The van der Waals surface area contributed by atoms with Crippen LogP contribution in [-0.4, -0.2) is 12.1 Å². The summed E-state index contributed by atoms with van der Waals surface area (Å²) in [7, 11) is 1.60. The van der Waals surface area contributed by atoms with Gasteiger partial charge < -0.3 is 15.2 Å². The van der Waals surface area contributed by atoms with E-state index >= 15 is 0 Å².